The van der Waals surface area contributed by atoms with E-state index in [4.69, 9.17) is 0 Å². The summed E-state index contributed by atoms with van der Waals surface area (Å²) in [5.74, 6) is 0. The molecular weight excluding hydrogens is 200 g/mol. The first kappa shape index (κ1) is 10.6. The lowest BCUT2D eigenvalue weighted by molar-refractivity contribution is 0.604. The minimum atomic E-state index is -3.34. The Labute approximate surface area is 82.9 Å². The average molecular weight is 210 g/mol. The lowest BCUT2D eigenvalue weighted by Gasteiger charge is -1.97. The van der Waals surface area contributed by atoms with Crippen LogP contribution < -0.4 is 0 Å². The normalized spacial score (nSPS) is 11.8. The highest BCUT2D eigenvalue weighted by atomic mass is 32.2. The Balaban J connectivity index is 3.12. The minimum Gasteiger partial charge on any atom is -0.219 e. The number of hydrogen-bond donors (Lipinski definition) is 0. The van der Waals surface area contributed by atoms with E-state index < -0.39 is 9.84 Å². The molecular formula is C9H10N2O2S. The largest absolute Gasteiger partial charge is 0.219 e. The van der Waals surface area contributed by atoms with Crippen molar-refractivity contribution in [3.8, 4) is 0 Å². The van der Waals surface area contributed by atoms with Gasteiger partial charge in [0.15, 0.2) is 9.84 Å². The van der Waals surface area contributed by atoms with Crippen molar-refractivity contribution < 1.29 is 8.42 Å². The first-order chi connectivity index (χ1) is 6.60. The lowest BCUT2D eigenvalue weighted by atomic mass is 10.3. The molecule has 5 heteroatoms. The van der Waals surface area contributed by atoms with E-state index in [1.807, 2.05) is 0 Å². The van der Waals surface area contributed by atoms with E-state index in [1.54, 1.807) is 19.2 Å². The van der Waals surface area contributed by atoms with Gasteiger partial charge in [0, 0.05) is 12.5 Å². The predicted molar refractivity (Wildman–Crippen MR) is 54.3 cm³/mol. The van der Waals surface area contributed by atoms with Gasteiger partial charge in [-0.05, 0) is 24.3 Å². The SMILES string of the molecule is C=CS(=O)(=O)c1ccc(/N=N/C)cc1. The van der Waals surface area contributed by atoms with Crippen LogP contribution in [0.15, 0.2) is 51.4 Å². The van der Waals surface area contributed by atoms with Crippen molar-refractivity contribution in [2.75, 3.05) is 7.05 Å². The number of benzene rings is 1. The van der Waals surface area contributed by atoms with E-state index >= 15 is 0 Å². The summed E-state index contributed by atoms with van der Waals surface area (Å²) in [5, 5.41) is 8.25. The monoisotopic (exact) mass is 210 g/mol. The fourth-order valence-electron chi connectivity index (χ4n) is 0.914. The zero-order valence-corrected chi connectivity index (χ0v) is 8.53. The Bertz CT molecular complexity index is 446. The van der Waals surface area contributed by atoms with Gasteiger partial charge in [-0.25, -0.2) is 8.42 Å². The van der Waals surface area contributed by atoms with E-state index in [0.29, 0.717) is 5.69 Å². The molecule has 0 aliphatic carbocycles. The Morgan fingerprint density at radius 2 is 1.86 bits per heavy atom. The second-order valence-corrected chi connectivity index (χ2v) is 4.40. The third-order valence-electron chi connectivity index (χ3n) is 1.60. The maximum Gasteiger partial charge on any atom is 0.199 e. The highest BCUT2D eigenvalue weighted by Crippen LogP contribution is 2.17. The third-order valence-corrected chi connectivity index (χ3v) is 2.97. The molecule has 0 aliphatic heterocycles. The van der Waals surface area contributed by atoms with Crippen molar-refractivity contribution in [2.45, 2.75) is 4.90 Å². The van der Waals surface area contributed by atoms with Crippen LogP contribution in [0.4, 0.5) is 5.69 Å². The van der Waals surface area contributed by atoms with Gasteiger partial charge >= 0.3 is 0 Å². The molecule has 4 nitrogen and oxygen atoms in total. The fraction of sp³-hybridized carbons (Fsp3) is 0.111. The van der Waals surface area contributed by atoms with Crippen LogP contribution in [0, 0.1) is 0 Å². The molecule has 1 aromatic carbocycles. The molecule has 74 valence electrons. The molecule has 0 aliphatic rings. The number of rotatable bonds is 3. The molecule has 0 spiro atoms. The Morgan fingerprint density at radius 3 is 2.29 bits per heavy atom. The topological polar surface area (TPSA) is 58.9 Å². The molecule has 0 saturated heterocycles. The summed E-state index contributed by atoms with van der Waals surface area (Å²) in [4.78, 5) is 0.211. The molecule has 0 aromatic heterocycles. The van der Waals surface area contributed by atoms with Crippen molar-refractivity contribution in [1.29, 1.82) is 0 Å². The number of sulfone groups is 1. The summed E-state index contributed by atoms with van der Waals surface area (Å²) in [6.45, 7) is 3.24. The zero-order valence-electron chi connectivity index (χ0n) is 7.71. The van der Waals surface area contributed by atoms with Crippen molar-refractivity contribution in [3.63, 3.8) is 0 Å². The van der Waals surface area contributed by atoms with E-state index in [-0.39, 0.29) is 4.90 Å². The van der Waals surface area contributed by atoms with Crippen molar-refractivity contribution >= 4 is 15.5 Å². The van der Waals surface area contributed by atoms with Gasteiger partial charge in [-0.1, -0.05) is 6.58 Å². The first-order valence-electron chi connectivity index (χ1n) is 3.87. The summed E-state index contributed by atoms with van der Waals surface area (Å²) < 4.78 is 22.6. The molecule has 0 N–H and O–H groups in total. The summed E-state index contributed by atoms with van der Waals surface area (Å²) in [6.07, 6.45) is 0. The summed E-state index contributed by atoms with van der Waals surface area (Å²) in [7, 11) is -1.79. The van der Waals surface area contributed by atoms with Crippen molar-refractivity contribution in [1.82, 2.24) is 0 Å². The highest BCUT2D eigenvalue weighted by molar-refractivity contribution is 7.94. The third kappa shape index (κ3) is 2.26. The lowest BCUT2D eigenvalue weighted by Crippen LogP contribution is -1.94. The van der Waals surface area contributed by atoms with Gasteiger partial charge in [0.1, 0.15) is 0 Å². The summed E-state index contributed by atoms with van der Waals surface area (Å²) in [5.41, 5.74) is 0.621. The fourth-order valence-corrected chi connectivity index (χ4v) is 1.62. The smallest absolute Gasteiger partial charge is 0.199 e. The first-order valence-corrected chi connectivity index (χ1v) is 5.42. The zero-order chi connectivity index (χ0) is 10.6. The molecule has 1 rings (SSSR count). The van der Waals surface area contributed by atoms with Crippen LogP contribution in [-0.4, -0.2) is 15.5 Å². The Hall–Kier alpha value is -1.49. The minimum absolute atomic E-state index is 0.211. The van der Waals surface area contributed by atoms with Gasteiger partial charge in [-0.15, -0.1) is 0 Å². The summed E-state index contributed by atoms with van der Waals surface area (Å²) in [6, 6.07) is 6.12. The molecule has 0 unspecified atom stereocenters. The Morgan fingerprint density at radius 1 is 1.29 bits per heavy atom. The molecule has 0 bridgehead atoms. The van der Waals surface area contributed by atoms with Gasteiger partial charge in [-0.2, -0.15) is 10.2 Å². The maximum atomic E-state index is 11.3. The van der Waals surface area contributed by atoms with Crippen molar-refractivity contribution in [3.05, 3.63) is 36.3 Å². The van der Waals surface area contributed by atoms with Crippen molar-refractivity contribution in [2.24, 2.45) is 10.2 Å². The second-order valence-electron chi connectivity index (χ2n) is 2.51. The molecule has 0 fully saturated rings. The highest BCUT2D eigenvalue weighted by Gasteiger charge is 2.07. The van der Waals surface area contributed by atoms with Gasteiger partial charge in [-0.3, -0.25) is 0 Å². The van der Waals surface area contributed by atoms with E-state index in [1.165, 1.54) is 12.1 Å². The van der Waals surface area contributed by atoms with Crippen LogP contribution in [-0.2, 0) is 9.84 Å². The average Bonchev–Trinajstić information content (AvgIpc) is 2.19. The van der Waals surface area contributed by atoms with Crippen LogP contribution in [0.5, 0.6) is 0 Å². The maximum absolute atomic E-state index is 11.3. The molecule has 0 radical (unpaired) electrons. The van der Waals surface area contributed by atoms with Gasteiger partial charge in [0.25, 0.3) is 0 Å². The summed E-state index contributed by atoms with van der Waals surface area (Å²) >= 11 is 0. The molecule has 0 atom stereocenters. The van der Waals surface area contributed by atoms with Crippen LogP contribution in [0.1, 0.15) is 0 Å². The second kappa shape index (κ2) is 4.15. The van der Waals surface area contributed by atoms with Crippen LogP contribution in [0.25, 0.3) is 0 Å². The Kier molecular flexibility index (Phi) is 3.14. The van der Waals surface area contributed by atoms with E-state index in [0.717, 1.165) is 5.41 Å². The molecule has 0 saturated carbocycles. The van der Waals surface area contributed by atoms with E-state index in [9.17, 15) is 8.42 Å². The number of hydrogen-bond acceptors (Lipinski definition) is 4. The predicted octanol–water partition coefficient (Wildman–Crippen LogP) is 2.32. The van der Waals surface area contributed by atoms with Gasteiger partial charge < -0.3 is 0 Å². The molecule has 1 aromatic rings. The number of azo groups is 1. The van der Waals surface area contributed by atoms with Crippen LogP contribution >= 0.6 is 0 Å². The molecule has 0 amide bonds. The quantitative estimate of drug-likeness (QED) is 0.719. The standard InChI is InChI=1S/C9H10N2O2S/c1-3-14(12,13)9-6-4-8(5-7-9)11-10-2/h3-7H,1H2,2H3/b11-10+. The molecule has 0 heterocycles. The molecule has 14 heavy (non-hydrogen) atoms. The van der Waals surface area contributed by atoms with Gasteiger partial charge in [0.05, 0.1) is 10.6 Å². The van der Waals surface area contributed by atoms with Gasteiger partial charge in [0.2, 0.25) is 0 Å². The number of nitrogens with zero attached hydrogens (tertiary/aromatic N) is 2. The van der Waals surface area contributed by atoms with Crippen LogP contribution in [0.3, 0.4) is 0 Å². The van der Waals surface area contributed by atoms with Crippen LogP contribution in [0.2, 0.25) is 0 Å². The van der Waals surface area contributed by atoms with E-state index in [2.05, 4.69) is 16.8 Å².